The topological polar surface area (TPSA) is 42.0 Å². The Morgan fingerprint density at radius 1 is 1.13 bits per heavy atom. The van der Waals surface area contributed by atoms with Gasteiger partial charge in [-0.1, -0.05) is 30.3 Å². The molecule has 1 atom stereocenters. The number of carbonyl (C=O) groups excluding carboxylic acids is 1. The molecule has 5 nitrogen and oxygen atoms in total. The lowest BCUT2D eigenvalue weighted by Gasteiger charge is -2.38. The number of likely N-dealkylation sites (N-methyl/N-ethyl adjacent to an activating group) is 1. The van der Waals surface area contributed by atoms with Crippen molar-refractivity contribution in [1.82, 2.24) is 9.80 Å². The molecule has 2 heterocycles. The maximum atomic E-state index is 12.7. The molecule has 0 bridgehead atoms. The molecule has 1 aromatic rings. The first-order valence-corrected chi connectivity index (χ1v) is 8.40. The molecule has 2 saturated heterocycles. The van der Waals surface area contributed by atoms with Gasteiger partial charge in [0.05, 0.1) is 13.2 Å². The molecule has 2 fully saturated rings. The van der Waals surface area contributed by atoms with Gasteiger partial charge in [-0.05, 0) is 31.5 Å². The van der Waals surface area contributed by atoms with E-state index in [1.807, 2.05) is 44.4 Å². The van der Waals surface area contributed by atoms with Crippen LogP contribution in [0.1, 0.15) is 24.4 Å². The van der Waals surface area contributed by atoms with E-state index in [9.17, 15) is 4.79 Å². The molecule has 3 rings (SSSR count). The van der Waals surface area contributed by atoms with Crippen molar-refractivity contribution in [3.05, 3.63) is 35.9 Å². The van der Waals surface area contributed by atoms with Crippen LogP contribution in [-0.4, -0.2) is 62.4 Å². The maximum absolute atomic E-state index is 12.7. The Kier molecular flexibility index (Phi) is 5.30. The molecule has 23 heavy (non-hydrogen) atoms. The minimum atomic E-state index is -0.197. The van der Waals surface area contributed by atoms with Gasteiger partial charge in [-0.3, -0.25) is 9.69 Å². The van der Waals surface area contributed by atoms with E-state index >= 15 is 0 Å². The molecule has 0 aromatic heterocycles. The summed E-state index contributed by atoms with van der Waals surface area (Å²) in [4.78, 5) is 16.7. The monoisotopic (exact) mass is 318 g/mol. The molecule has 0 spiro atoms. The van der Waals surface area contributed by atoms with Gasteiger partial charge in [0.2, 0.25) is 5.91 Å². The third kappa shape index (κ3) is 3.74. The average Bonchev–Trinajstić information content (AvgIpc) is 3.11. The zero-order valence-electron chi connectivity index (χ0n) is 14.0. The van der Waals surface area contributed by atoms with Crippen LogP contribution in [0.5, 0.6) is 0 Å². The fraction of sp³-hybridized carbons (Fsp3) is 0.611. The van der Waals surface area contributed by atoms with Crippen LogP contribution in [0.4, 0.5) is 0 Å². The molecule has 5 heteroatoms. The summed E-state index contributed by atoms with van der Waals surface area (Å²) in [5, 5.41) is 0. The van der Waals surface area contributed by atoms with Crippen LogP contribution in [0, 0.1) is 5.92 Å². The SMILES string of the molecule is CN(C)C(=O)C(c1ccccc1)N1CCC(C2OCCO2)CC1. The highest BCUT2D eigenvalue weighted by Gasteiger charge is 2.35. The van der Waals surface area contributed by atoms with Crippen molar-refractivity contribution in [2.45, 2.75) is 25.2 Å². The number of ether oxygens (including phenoxy) is 2. The van der Waals surface area contributed by atoms with E-state index in [0.29, 0.717) is 19.1 Å². The Morgan fingerprint density at radius 3 is 2.30 bits per heavy atom. The Balaban J connectivity index is 1.70. The maximum Gasteiger partial charge on any atom is 0.244 e. The van der Waals surface area contributed by atoms with Gasteiger partial charge in [0.1, 0.15) is 6.04 Å². The molecule has 0 N–H and O–H groups in total. The quantitative estimate of drug-likeness (QED) is 0.850. The van der Waals surface area contributed by atoms with E-state index < -0.39 is 0 Å². The standard InChI is InChI=1S/C18H26N2O3/c1-19(2)17(21)16(14-6-4-3-5-7-14)20-10-8-15(9-11-20)18-22-12-13-23-18/h3-7,15-16,18H,8-13H2,1-2H3. The molecule has 2 aliphatic rings. The first-order chi connectivity index (χ1) is 11.2. The predicted molar refractivity (Wildman–Crippen MR) is 87.9 cm³/mol. The van der Waals surface area contributed by atoms with Crippen LogP contribution >= 0.6 is 0 Å². The van der Waals surface area contributed by atoms with Gasteiger partial charge in [-0.15, -0.1) is 0 Å². The molecule has 0 aliphatic carbocycles. The van der Waals surface area contributed by atoms with E-state index in [0.717, 1.165) is 31.5 Å². The van der Waals surface area contributed by atoms with Crippen LogP contribution in [0.25, 0.3) is 0 Å². The van der Waals surface area contributed by atoms with Crippen LogP contribution in [0.15, 0.2) is 30.3 Å². The van der Waals surface area contributed by atoms with Crippen molar-refractivity contribution >= 4 is 5.91 Å². The number of benzene rings is 1. The molecule has 1 amide bonds. The van der Waals surface area contributed by atoms with E-state index in [1.165, 1.54) is 0 Å². The van der Waals surface area contributed by atoms with Crippen molar-refractivity contribution in [3.8, 4) is 0 Å². The van der Waals surface area contributed by atoms with Gasteiger partial charge in [0.15, 0.2) is 6.29 Å². The van der Waals surface area contributed by atoms with Gasteiger partial charge in [-0.2, -0.15) is 0 Å². The van der Waals surface area contributed by atoms with Crippen molar-refractivity contribution < 1.29 is 14.3 Å². The van der Waals surface area contributed by atoms with Crippen molar-refractivity contribution in [1.29, 1.82) is 0 Å². The number of carbonyl (C=O) groups is 1. The molecular formula is C18H26N2O3. The van der Waals surface area contributed by atoms with Gasteiger partial charge in [-0.25, -0.2) is 0 Å². The molecule has 126 valence electrons. The van der Waals surface area contributed by atoms with Gasteiger partial charge >= 0.3 is 0 Å². The lowest BCUT2D eigenvalue weighted by Crippen LogP contribution is -2.45. The number of hydrogen-bond donors (Lipinski definition) is 0. The zero-order valence-corrected chi connectivity index (χ0v) is 14.0. The summed E-state index contributed by atoms with van der Waals surface area (Å²) >= 11 is 0. The fourth-order valence-electron chi connectivity index (χ4n) is 3.49. The summed E-state index contributed by atoms with van der Waals surface area (Å²) in [7, 11) is 3.65. The van der Waals surface area contributed by atoms with Crippen LogP contribution in [0.2, 0.25) is 0 Å². The largest absolute Gasteiger partial charge is 0.350 e. The predicted octanol–water partition coefficient (Wildman–Crippen LogP) is 1.90. The van der Waals surface area contributed by atoms with Gasteiger partial charge in [0.25, 0.3) is 0 Å². The molecule has 0 saturated carbocycles. The Bertz CT molecular complexity index is 506. The summed E-state index contributed by atoms with van der Waals surface area (Å²) in [5.74, 6) is 0.586. The lowest BCUT2D eigenvalue weighted by molar-refractivity contribution is -0.137. The van der Waals surface area contributed by atoms with Crippen LogP contribution in [0.3, 0.4) is 0 Å². The Morgan fingerprint density at radius 2 is 1.74 bits per heavy atom. The second kappa shape index (κ2) is 7.43. The van der Waals surface area contributed by atoms with Gasteiger partial charge in [0, 0.05) is 20.0 Å². The third-order valence-corrected chi connectivity index (χ3v) is 4.76. The smallest absolute Gasteiger partial charge is 0.244 e. The fourth-order valence-corrected chi connectivity index (χ4v) is 3.49. The lowest BCUT2D eigenvalue weighted by atomic mass is 9.93. The number of rotatable bonds is 4. The van der Waals surface area contributed by atoms with Crippen molar-refractivity contribution in [2.75, 3.05) is 40.4 Å². The average molecular weight is 318 g/mol. The van der Waals surface area contributed by atoms with Crippen molar-refractivity contribution in [2.24, 2.45) is 5.92 Å². The first-order valence-electron chi connectivity index (χ1n) is 8.40. The van der Waals surface area contributed by atoms with E-state index in [4.69, 9.17) is 9.47 Å². The van der Waals surface area contributed by atoms with Crippen LogP contribution in [-0.2, 0) is 14.3 Å². The number of piperidine rings is 1. The van der Waals surface area contributed by atoms with Crippen molar-refractivity contribution in [3.63, 3.8) is 0 Å². The molecule has 0 radical (unpaired) electrons. The molecular weight excluding hydrogens is 292 g/mol. The number of amides is 1. The first kappa shape index (κ1) is 16.4. The zero-order chi connectivity index (χ0) is 16.2. The second-order valence-electron chi connectivity index (χ2n) is 6.53. The highest BCUT2D eigenvalue weighted by molar-refractivity contribution is 5.82. The molecule has 1 aromatic carbocycles. The minimum absolute atomic E-state index is 0.0446. The summed E-state index contributed by atoms with van der Waals surface area (Å²) < 4.78 is 11.3. The van der Waals surface area contributed by atoms with E-state index in [2.05, 4.69) is 4.90 Å². The summed E-state index contributed by atoms with van der Waals surface area (Å²) in [6.45, 7) is 3.20. The Labute approximate surface area is 138 Å². The highest BCUT2D eigenvalue weighted by atomic mass is 16.7. The van der Waals surface area contributed by atoms with E-state index in [-0.39, 0.29) is 18.2 Å². The van der Waals surface area contributed by atoms with E-state index in [1.54, 1.807) is 4.90 Å². The molecule has 1 unspecified atom stereocenters. The third-order valence-electron chi connectivity index (χ3n) is 4.76. The number of nitrogens with zero attached hydrogens (tertiary/aromatic N) is 2. The number of likely N-dealkylation sites (tertiary alicyclic amines) is 1. The highest BCUT2D eigenvalue weighted by Crippen LogP contribution is 2.31. The summed E-state index contributed by atoms with van der Waals surface area (Å²) in [6, 6.07) is 9.87. The summed E-state index contributed by atoms with van der Waals surface area (Å²) in [5.41, 5.74) is 1.07. The number of hydrogen-bond acceptors (Lipinski definition) is 4. The second-order valence-corrected chi connectivity index (χ2v) is 6.53. The minimum Gasteiger partial charge on any atom is -0.350 e. The normalized spacial score (nSPS) is 22.2. The summed E-state index contributed by atoms with van der Waals surface area (Å²) in [6.07, 6.45) is 1.97. The van der Waals surface area contributed by atoms with Crippen LogP contribution < -0.4 is 0 Å². The van der Waals surface area contributed by atoms with Gasteiger partial charge < -0.3 is 14.4 Å². The Hall–Kier alpha value is -1.43. The molecule has 2 aliphatic heterocycles.